The molecule has 2 amide bonds. The van der Waals surface area contributed by atoms with E-state index in [0.717, 1.165) is 19.0 Å². The molecule has 2 unspecified atom stereocenters. The summed E-state index contributed by atoms with van der Waals surface area (Å²) in [5.74, 6) is 2.15. The van der Waals surface area contributed by atoms with Crippen molar-refractivity contribution in [3.05, 3.63) is 0 Å². The van der Waals surface area contributed by atoms with Gasteiger partial charge in [0.05, 0.1) is 7.11 Å². The highest BCUT2D eigenvalue weighted by atomic mass is 32.1. The lowest BCUT2D eigenvalue weighted by Crippen LogP contribution is -2.41. The van der Waals surface area contributed by atoms with Gasteiger partial charge < -0.3 is 15.4 Å². The van der Waals surface area contributed by atoms with E-state index in [-0.39, 0.29) is 17.2 Å². The number of ether oxygens (including phenoxy) is 1. The van der Waals surface area contributed by atoms with Crippen molar-refractivity contribution in [2.75, 3.05) is 20.2 Å². The summed E-state index contributed by atoms with van der Waals surface area (Å²) in [6.45, 7) is 3.89. The Hall–Kier alpha value is -1.37. The number of amidine groups is 1. The largest absolute Gasteiger partial charge is 0.468 e. The van der Waals surface area contributed by atoms with Gasteiger partial charge >= 0.3 is 6.03 Å². The van der Waals surface area contributed by atoms with Gasteiger partial charge in [-0.25, -0.2) is 4.79 Å². The maximum atomic E-state index is 12.2. The van der Waals surface area contributed by atoms with Crippen molar-refractivity contribution in [3.8, 4) is 0 Å². The number of nitrogens with one attached hydrogen (secondary N) is 1. The summed E-state index contributed by atoms with van der Waals surface area (Å²) in [5, 5.41) is 2.64. The van der Waals surface area contributed by atoms with Crippen molar-refractivity contribution in [3.63, 3.8) is 0 Å². The molecule has 2 aliphatic rings. The first-order valence-corrected chi connectivity index (χ1v) is 8.42. The molecule has 1 aliphatic heterocycles. The van der Waals surface area contributed by atoms with E-state index >= 15 is 0 Å². The first kappa shape index (κ1) is 17.0. The smallest absolute Gasteiger partial charge is 0.323 e. The molecular weight excluding hydrogens is 300 g/mol. The molecule has 124 valence electrons. The monoisotopic (exact) mass is 326 g/mol. The Bertz CT molecular complexity index is 441. The van der Waals surface area contributed by atoms with Crippen LogP contribution in [0.15, 0.2) is 4.99 Å². The minimum atomic E-state index is -0.183. The number of unbranched alkanes of at least 4 members (excludes halogenated alkanes) is 1. The van der Waals surface area contributed by atoms with Gasteiger partial charge in [0.2, 0.25) is 5.11 Å². The number of likely N-dealkylation sites (tertiary alicyclic amines) is 1. The predicted molar refractivity (Wildman–Crippen MR) is 90.6 cm³/mol. The lowest BCUT2D eigenvalue weighted by molar-refractivity contribution is 0.208. The molecule has 1 saturated heterocycles. The first-order valence-electron chi connectivity index (χ1n) is 8.01. The highest BCUT2D eigenvalue weighted by molar-refractivity contribution is 7.80. The average Bonchev–Trinajstić information content (AvgIpc) is 3.02. The van der Waals surface area contributed by atoms with Crippen LogP contribution in [0, 0.1) is 17.8 Å². The molecular formula is C15H26N4O2S. The quantitative estimate of drug-likeness (QED) is 0.473. The van der Waals surface area contributed by atoms with Gasteiger partial charge in [-0.3, -0.25) is 5.32 Å². The van der Waals surface area contributed by atoms with Crippen LogP contribution in [0.25, 0.3) is 0 Å². The van der Waals surface area contributed by atoms with Gasteiger partial charge in [0.25, 0.3) is 6.02 Å². The normalized spacial score (nSPS) is 27.6. The highest BCUT2D eigenvalue weighted by Crippen LogP contribution is 2.43. The fourth-order valence-electron chi connectivity index (χ4n) is 3.66. The number of amides is 2. The minimum absolute atomic E-state index is 0.0437. The average molecular weight is 326 g/mol. The Morgan fingerprint density at radius 2 is 2.05 bits per heavy atom. The van der Waals surface area contributed by atoms with Crippen molar-refractivity contribution in [2.45, 2.75) is 39.0 Å². The molecule has 0 spiro atoms. The number of rotatable bonds is 3. The van der Waals surface area contributed by atoms with Gasteiger partial charge in [0.1, 0.15) is 0 Å². The zero-order chi connectivity index (χ0) is 16.1. The molecule has 22 heavy (non-hydrogen) atoms. The van der Waals surface area contributed by atoms with Crippen LogP contribution in [0.1, 0.15) is 39.0 Å². The van der Waals surface area contributed by atoms with Gasteiger partial charge in [-0.15, -0.1) is 0 Å². The fraction of sp³-hybridized carbons (Fsp3) is 0.800. The number of hydrogen-bond donors (Lipinski definition) is 2. The highest BCUT2D eigenvalue weighted by Gasteiger charge is 2.41. The van der Waals surface area contributed by atoms with Crippen LogP contribution in [-0.4, -0.2) is 42.3 Å². The third kappa shape index (κ3) is 4.32. The lowest BCUT2D eigenvalue weighted by Gasteiger charge is -2.19. The molecule has 1 heterocycles. The van der Waals surface area contributed by atoms with Gasteiger partial charge in [0.15, 0.2) is 0 Å². The summed E-state index contributed by atoms with van der Waals surface area (Å²) >= 11 is 4.97. The molecule has 7 heteroatoms. The molecule has 2 rings (SSSR count). The van der Waals surface area contributed by atoms with E-state index in [1.54, 1.807) is 0 Å². The minimum Gasteiger partial charge on any atom is -0.468 e. The van der Waals surface area contributed by atoms with Crippen molar-refractivity contribution >= 4 is 29.4 Å². The number of nitrogens with two attached hydrogens (primary N) is 1. The number of nitrogens with zero attached hydrogens (tertiary/aromatic N) is 2. The summed E-state index contributed by atoms with van der Waals surface area (Å²) in [5.41, 5.74) is 5.41. The van der Waals surface area contributed by atoms with Crippen molar-refractivity contribution < 1.29 is 9.53 Å². The second-order valence-electron chi connectivity index (χ2n) is 6.29. The van der Waals surface area contributed by atoms with Crippen molar-refractivity contribution in [2.24, 2.45) is 28.5 Å². The van der Waals surface area contributed by atoms with Crippen molar-refractivity contribution in [1.29, 1.82) is 0 Å². The Balaban J connectivity index is 1.78. The second-order valence-corrected chi connectivity index (χ2v) is 6.68. The van der Waals surface area contributed by atoms with Gasteiger partial charge in [-0.1, -0.05) is 26.2 Å². The summed E-state index contributed by atoms with van der Waals surface area (Å²) in [6, 6.07) is -0.237. The van der Waals surface area contributed by atoms with Crippen LogP contribution < -0.4 is 11.1 Å². The Morgan fingerprint density at radius 3 is 2.59 bits per heavy atom. The van der Waals surface area contributed by atoms with E-state index in [4.69, 9.17) is 22.7 Å². The Morgan fingerprint density at radius 1 is 1.41 bits per heavy atom. The van der Waals surface area contributed by atoms with Gasteiger partial charge in [0, 0.05) is 13.1 Å². The van der Waals surface area contributed by atoms with Crippen LogP contribution in [0.5, 0.6) is 0 Å². The molecule has 1 aliphatic carbocycles. The molecule has 0 bridgehead atoms. The number of urea groups is 1. The summed E-state index contributed by atoms with van der Waals surface area (Å²) in [7, 11) is 1.40. The van der Waals surface area contributed by atoms with Gasteiger partial charge in [-0.2, -0.15) is 4.99 Å². The van der Waals surface area contributed by atoms with E-state index in [2.05, 4.69) is 17.2 Å². The molecule has 0 aromatic heterocycles. The summed E-state index contributed by atoms with van der Waals surface area (Å²) in [4.78, 5) is 17.8. The number of carbonyl (C=O) groups excluding carboxylic acids is 1. The molecule has 2 atom stereocenters. The number of fused-ring (bicyclic) bond motifs is 1. The number of hydrogen-bond acceptors (Lipinski definition) is 3. The number of thiocarbonyl (C=S) groups is 1. The molecule has 1 saturated carbocycles. The zero-order valence-electron chi connectivity index (χ0n) is 13.4. The molecule has 2 fully saturated rings. The van der Waals surface area contributed by atoms with Crippen LogP contribution in [0.2, 0.25) is 0 Å². The maximum absolute atomic E-state index is 12.2. The summed E-state index contributed by atoms with van der Waals surface area (Å²) in [6.07, 6.45) is 6.44. The SMILES string of the molecule is CCCCC1CC2CN(C(=O)NC(=S)/N=C(\N)OC)CC2C1. The molecule has 0 aromatic carbocycles. The fourth-order valence-corrected chi connectivity index (χ4v) is 3.84. The Kier molecular flexibility index (Phi) is 5.99. The standard InChI is InChI=1S/C15H26N4O2S/c1-3-4-5-10-6-11-8-19(9-12(11)7-10)15(20)18-14(22)17-13(16)21-2/h10-12H,3-9H2,1-2H3,(H3,16,17,18,20,22). The first-order chi connectivity index (χ1) is 10.5. The predicted octanol–water partition coefficient (Wildman–Crippen LogP) is 2.09. The number of methoxy groups -OCH3 is 1. The molecule has 3 N–H and O–H groups in total. The van der Waals surface area contributed by atoms with Crippen molar-refractivity contribution in [1.82, 2.24) is 10.2 Å². The number of aliphatic imine (C=N–C) groups is 1. The van der Waals surface area contributed by atoms with Crippen LogP contribution >= 0.6 is 12.2 Å². The van der Waals surface area contributed by atoms with E-state index in [1.165, 1.54) is 39.2 Å². The zero-order valence-corrected chi connectivity index (χ0v) is 14.2. The lowest BCUT2D eigenvalue weighted by atomic mass is 9.99. The topological polar surface area (TPSA) is 80.0 Å². The Labute approximate surface area is 137 Å². The van der Waals surface area contributed by atoms with Crippen LogP contribution in [-0.2, 0) is 4.74 Å². The summed E-state index contributed by atoms with van der Waals surface area (Å²) < 4.78 is 4.71. The second kappa shape index (κ2) is 7.76. The molecule has 0 aromatic rings. The third-order valence-corrected chi connectivity index (χ3v) is 4.93. The van der Waals surface area contributed by atoms with Crippen LogP contribution in [0.3, 0.4) is 0 Å². The molecule has 0 radical (unpaired) electrons. The van der Waals surface area contributed by atoms with E-state index < -0.39 is 0 Å². The maximum Gasteiger partial charge on any atom is 0.323 e. The van der Waals surface area contributed by atoms with E-state index in [1.807, 2.05) is 4.90 Å². The van der Waals surface area contributed by atoms with Gasteiger partial charge in [-0.05, 0) is 42.8 Å². The van der Waals surface area contributed by atoms with Crippen LogP contribution in [0.4, 0.5) is 4.79 Å². The number of carbonyl (C=O) groups is 1. The van der Waals surface area contributed by atoms with E-state index in [9.17, 15) is 4.79 Å². The third-order valence-electron chi connectivity index (χ3n) is 4.74. The van der Waals surface area contributed by atoms with E-state index in [0.29, 0.717) is 11.8 Å². The molecule has 6 nitrogen and oxygen atoms in total.